The third-order valence-electron chi connectivity index (χ3n) is 3.94. The number of piperidine rings is 1. The minimum absolute atomic E-state index is 0.0632. The van der Waals surface area contributed by atoms with E-state index < -0.39 is 10.0 Å². The van der Waals surface area contributed by atoms with Gasteiger partial charge in [0.2, 0.25) is 0 Å². The van der Waals surface area contributed by atoms with Crippen LogP contribution < -0.4 is 0 Å². The van der Waals surface area contributed by atoms with E-state index in [0.717, 1.165) is 25.9 Å². The summed E-state index contributed by atoms with van der Waals surface area (Å²) >= 11 is 0. The summed E-state index contributed by atoms with van der Waals surface area (Å²) in [4.78, 5) is 9.11. The monoisotopic (exact) mass is 316 g/mol. The molecule has 7 nitrogen and oxygen atoms in total. The van der Waals surface area contributed by atoms with E-state index in [4.69, 9.17) is 0 Å². The number of likely N-dealkylation sites (tertiary alicyclic amines) is 1. The van der Waals surface area contributed by atoms with Gasteiger partial charge >= 0.3 is 0 Å². The first-order valence-electron chi connectivity index (χ1n) is 7.34. The molecule has 8 heteroatoms. The molecule has 120 valence electrons. The summed E-state index contributed by atoms with van der Waals surface area (Å²) in [7, 11) is -1.60. The molecule has 0 aliphatic carbocycles. The number of aliphatic hydroxyl groups excluding tert-OH is 1. The van der Waals surface area contributed by atoms with E-state index in [9.17, 15) is 13.5 Å². The fraction of sp³-hybridized carbons (Fsp3) is 0.769. The van der Waals surface area contributed by atoms with Crippen LogP contribution in [0.5, 0.6) is 0 Å². The van der Waals surface area contributed by atoms with Crippen LogP contribution >= 0.6 is 0 Å². The van der Waals surface area contributed by atoms with Crippen molar-refractivity contribution in [2.75, 3.05) is 33.3 Å². The van der Waals surface area contributed by atoms with Crippen molar-refractivity contribution >= 4 is 10.0 Å². The Bertz CT molecular complexity index is 550. The molecule has 1 aliphatic rings. The average molecular weight is 316 g/mol. The van der Waals surface area contributed by atoms with Gasteiger partial charge in [-0.3, -0.25) is 0 Å². The smallest absolute Gasteiger partial charge is 0.260 e. The molecule has 1 aromatic heterocycles. The molecule has 0 bridgehead atoms. The lowest BCUT2D eigenvalue weighted by Crippen LogP contribution is -2.47. The normalized spacial score (nSPS) is 18.5. The Kier molecular flexibility index (Phi) is 5.37. The maximum Gasteiger partial charge on any atom is 0.260 e. The molecule has 21 heavy (non-hydrogen) atoms. The summed E-state index contributed by atoms with van der Waals surface area (Å²) in [6.07, 6.45) is 3.59. The van der Waals surface area contributed by atoms with Crippen LogP contribution in [0.3, 0.4) is 0 Å². The summed E-state index contributed by atoms with van der Waals surface area (Å²) in [5.74, 6) is 0.654. The molecule has 0 saturated carbocycles. The largest absolute Gasteiger partial charge is 0.395 e. The molecule has 0 unspecified atom stereocenters. The Morgan fingerprint density at radius 1 is 1.48 bits per heavy atom. The number of aromatic nitrogens is 2. The molecule has 1 fully saturated rings. The number of rotatable bonds is 6. The Morgan fingerprint density at radius 3 is 2.67 bits per heavy atom. The molecule has 1 aromatic rings. The first kappa shape index (κ1) is 16.4. The van der Waals surface area contributed by atoms with Gasteiger partial charge in [0.15, 0.2) is 5.03 Å². The topological polar surface area (TPSA) is 89.5 Å². The van der Waals surface area contributed by atoms with Crippen molar-refractivity contribution in [3.05, 3.63) is 12.0 Å². The molecule has 0 radical (unpaired) electrons. The van der Waals surface area contributed by atoms with Gasteiger partial charge in [0.05, 0.1) is 12.8 Å². The van der Waals surface area contributed by atoms with E-state index in [1.807, 2.05) is 14.0 Å². The van der Waals surface area contributed by atoms with Crippen LogP contribution in [0, 0.1) is 0 Å². The Morgan fingerprint density at radius 2 is 2.14 bits per heavy atom. The predicted molar refractivity (Wildman–Crippen MR) is 79.5 cm³/mol. The molecule has 1 aliphatic heterocycles. The van der Waals surface area contributed by atoms with Crippen molar-refractivity contribution in [1.29, 1.82) is 0 Å². The van der Waals surface area contributed by atoms with Crippen molar-refractivity contribution in [3.8, 4) is 0 Å². The summed E-state index contributed by atoms with van der Waals surface area (Å²) < 4.78 is 26.9. The first-order chi connectivity index (χ1) is 9.98. The van der Waals surface area contributed by atoms with E-state index in [2.05, 4.69) is 14.9 Å². The highest BCUT2D eigenvalue weighted by Crippen LogP contribution is 2.22. The lowest BCUT2D eigenvalue weighted by molar-refractivity contribution is 0.161. The van der Waals surface area contributed by atoms with E-state index >= 15 is 0 Å². The maximum absolute atomic E-state index is 12.8. The van der Waals surface area contributed by atoms with Gasteiger partial charge in [0.25, 0.3) is 10.0 Å². The van der Waals surface area contributed by atoms with Crippen molar-refractivity contribution in [2.45, 2.75) is 37.3 Å². The summed E-state index contributed by atoms with van der Waals surface area (Å²) in [5.41, 5.74) is 0. The molecule has 0 atom stereocenters. The third-order valence-corrected chi connectivity index (χ3v) is 5.80. The number of nitrogens with zero attached hydrogens (tertiary/aromatic N) is 3. The van der Waals surface area contributed by atoms with Crippen LogP contribution in [-0.2, 0) is 16.4 Å². The van der Waals surface area contributed by atoms with Gasteiger partial charge in [0, 0.05) is 19.0 Å². The maximum atomic E-state index is 12.8. The van der Waals surface area contributed by atoms with Gasteiger partial charge in [-0.25, -0.2) is 13.4 Å². The van der Waals surface area contributed by atoms with E-state index in [1.165, 1.54) is 10.5 Å². The second-order valence-electron chi connectivity index (χ2n) is 5.42. The standard InChI is InChI=1S/C13H24N4O3S/c1-3-12-14-10-13(15-12)21(19,20)17(8-9-18)11-4-6-16(2)7-5-11/h10-11,18H,3-9H2,1-2H3,(H,14,15). The second-order valence-corrected chi connectivity index (χ2v) is 7.28. The van der Waals surface area contributed by atoms with E-state index in [0.29, 0.717) is 12.2 Å². The highest BCUT2D eigenvalue weighted by atomic mass is 32.2. The number of hydrogen-bond donors (Lipinski definition) is 2. The molecule has 0 aromatic carbocycles. The number of imidazole rings is 1. The Hall–Kier alpha value is -0.960. The minimum Gasteiger partial charge on any atom is -0.395 e. The fourth-order valence-corrected chi connectivity index (χ4v) is 4.27. The van der Waals surface area contributed by atoms with Crippen LogP contribution in [0.4, 0.5) is 0 Å². The van der Waals surface area contributed by atoms with Crippen LogP contribution in [0.1, 0.15) is 25.6 Å². The van der Waals surface area contributed by atoms with E-state index in [1.54, 1.807) is 0 Å². The van der Waals surface area contributed by atoms with Crippen LogP contribution in [0.2, 0.25) is 0 Å². The number of aryl methyl sites for hydroxylation is 1. The fourth-order valence-electron chi connectivity index (χ4n) is 2.66. The molecular weight excluding hydrogens is 292 g/mol. The molecule has 1 saturated heterocycles. The van der Waals surface area contributed by atoms with Gasteiger partial charge < -0.3 is 15.0 Å². The average Bonchev–Trinajstić information content (AvgIpc) is 2.95. The number of nitrogens with one attached hydrogen (secondary N) is 1. The second kappa shape index (κ2) is 6.87. The molecule has 0 spiro atoms. The SMILES string of the molecule is CCc1ncc(S(=O)(=O)N(CCO)C2CCN(C)CC2)[nH]1. The van der Waals surface area contributed by atoms with Crippen molar-refractivity contribution in [2.24, 2.45) is 0 Å². The van der Waals surface area contributed by atoms with Crippen molar-refractivity contribution in [1.82, 2.24) is 19.2 Å². The summed E-state index contributed by atoms with van der Waals surface area (Å²) in [6, 6.07) is -0.0632. The van der Waals surface area contributed by atoms with Gasteiger partial charge in [-0.15, -0.1) is 0 Å². The van der Waals surface area contributed by atoms with Crippen LogP contribution in [0.15, 0.2) is 11.2 Å². The number of aromatic amines is 1. The lowest BCUT2D eigenvalue weighted by Gasteiger charge is -2.35. The number of aliphatic hydroxyl groups is 1. The zero-order valence-electron chi connectivity index (χ0n) is 12.6. The van der Waals surface area contributed by atoms with Gasteiger partial charge in [-0.1, -0.05) is 6.92 Å². The zero-order valence-corrected chi connectivity index (χ0v) is 13.4. The number of hydrogen-bond acceptors (Lipinski definition) is 5. The lowest BCUT2D eigenvalue weighted by atomic mass is 10.1. The van der Waals surface area contributed by atoms with Crippen LogP contribution in [-0.4, -0.2) is 72.0 Å². The van der Waals surface area contributed by atoms with Gasteiger partial charge in [0.1, 0.15) is 5.82 Å². The third kappa shape index (κ3) is 3.63. The zero-order chi connectivity index (χ0) is 15.5. The van der Waals surface area contributed by atoms with Gasteiger partial charge in [-0.2, -0.15) is 4.31 Å². The molecule has 2 N–H and O–H groups in total. The molecule has 2 heterocycles. The first-order valence-corrected chi connectivity index (χ1v) is 8.78. The number of sulfonamides is 1. The Labute approximate surface area is 126 Å². The Balaban J connectivity index is 2.23. The van der Waals surface area contributed by atoms with Gasteiger partial charge in [-0.05, 0) is 33.0 Å². The highest BCUT2D eigenvalue weighted by molar-refractivity contribution is 7.89. The summed E-state index contributed by atoms with van der Waals surface area (Å²) in [6.45, 7) is 3.59. The predicted octanol–water partition coefficient (Wildman–Crippen LogP) is 0.0493. The van der Waals surface area contributed by atoms with Crippen molar-refractivity contribution < 1.29 is 13.5 Å². The van der Waals surface area contributed by atoms with E-state index in [-0.39, 0.29) is 24.2 Å². The number of H-pyrrole nitrogens is 1. The highest BCUT2D eigenvalue weighted by Gasteiger charge is 2.33. The van der Waals surface area contributed by atoms with Crippen molar-refractivity contribution in [3.63, 3.8) is 0 Å². The molecule has 0 amide bonds. The van der Waals surface area contributed by atoms with Crippen LogP contribution in [0.25, 0.3) is 0 Å². The molecular formula is C13H24N4O3S. The molecule has 2 rings (SSSR count). The summed E-state index contributed by atoms with van der Waals surface area (Å²) in [5, 5.41) is 9.36. The quantitative estimate of drug-likeness (QED) is 0.774. The minimum atomic E-state index is -3.63.